The lowest BCUT2D eigenvalue weighted by molar-refractivity contribution is -0.137. The number of carboxylic acids is 1. The number of likely N-dealkylation sites (N-methyl/N-ethyl adjacent to an activating group) is 1. The Bertz CT molecular complexity index is 385. The van der Waals surface area contributed by atoms with E-state index in [0.717, 1.165) is 25.9 Å². The summed E-state index contributed by atoms with van der Waals surface area (Å²) in [6.07, 6.45) is 20.2. The molecule has 0 aliphatic rings. The molecule has 1 unspecified atom stereocenters. The number of rotatable bonds is 20. The normalized spacial score (nSPS) is 11.8. The van der Waals surface area contributed by atoms with Crippen LogP contribution in [0.1, 0.15) is 130 Å². The molecule has 0 saturated carbocycles. The molecular weight excluding hydrogens is 376 g/mol. The maximum Gasteiger partial charge on any atom is 0.303 e. The molecular formula is C25H52N2O3. The topological polar surface area (TPSA) is 83.6 Å². The number of carbonyl (C=O) groups excluding carboxylic acids is 1. The number of carboxylic acid groups (broad SMARTS) is 1. The van der Waals surface area contributed by atoms with Crippen molar-refractivity contribution in [2.45, 2.75) is 136 Å². The fraction of sp³-hybridized carbons (Fsp3) is 0.920. The van der Waals surface area contributed by atoms with E-state index in [2.05, 4.69) is 6.92 Å². The molecule has 30 heavy (non-hydrogen) atoms. The highest BCUT2D eigenvalue weighted by Gasteiger charge is 2.14. The van der Waals surface area contributed by atoms with Crippen LogP contribution in [0, 0.1) is 0 Å². The second-order valence-corrected chi connectivity index (χ2v) is 8.39. The minimum absolute atomic E-state index is 0.130. The predicted octanol–water partition coefficient (Wildman–Crippen LogP) is 6.53. The third-order valence-corrected chi connectivity index (χ3v) is 5.77. The van der Waals surface area contributed by atoms with Crippen molar-refractivity contribution < 1.29 is 14.7 Å². The van der Waals surface area contributed by atoms with E-state index < -0.39 is 5.97 Å². The van der Waals surface area contributed by atoms with Crippen molar-refractivity contribution in [3.05, 3.63) is 0 Å². The van der Waals surface area contributed by atoms with Crippen LogP contribution in [0.15, 0.2) is 0 Å². The second-order valence-electron chi connectivity index (χ2n) is 8.39. The standard InChI is InChI=1S/C18H36O2.C7H16N2O/c1-2-3-4-5-6-7-8-9-10-11-12-13-14-15-16-17-18(19)20;1-4-9(5-2)6(3)7(8)10/h2-17H2,1H3,(H,19,20);6H,4-5H2,1-3H3,(H2,8,10). The van der Waals surface area contributed by atoms with E-state index in [1.807, 2.05) is 25.7 Å². The molecule has 5 heteroatoms. The Balaban J connectivity index is 0. The molecule has 0 fully saturated rings. The first-order chi connectivity index (χ1) is 14.4. The number of amides is 1. The van der Waals surface area contributed by atoms with Crippen LogP contribution in [0.2, 0.25) is 0 Å². The Morgan fingerprint density at radius 1 is 0.700 bits per heavy atom. The molecule has 1 amide bonds. The molecule has 0 aliphatic heterocycles. The smallest absolute Gasteiger partial charge is 0.303 e. The van der Waals surface area contributed by atoms with Crippen molar-refractivity contribution >= 4 is 11.9 Å². The van der Waals surface area contributed by atoms with Gasteiger partial charge in [-0.1, -0.05) is 111 Å². The summed E-state index contributed by atoms with van der Waals surface area (Å²) in [4.78, 5) is 23.0. The molecule has 0 aromatic heterocycles. The molecule has 0 aromatic carbocycles. The molecule has 3 N–H and O–H groups in total. The van der Waals surface area contributed by atoms with Crippen LogP contribution in [-0.2, 0) is 9.59 Å². The van der Waals surface area contributed by atoms with Crippen molar-refractivity contribution in [2.24, 2.45) is 5.73 Å². The first-order valence-electron chi connectivity index (χ1n) is 12.7. The van der Waals surface area contributed by atoms with Gasteiger partial charge < -0.3 is 10.8 Å². The Hall–Kier alpha value is -1.10. The third-order valence-electron chi connectivity index (χ3n) is 5.77. The largest absolute Gasteiger partial charge is 0.481 e. The highest BCUT2D eigenvalue weighted by Crippen LogP contribution is 2.13. The average Bonchev–Trinajstić information content (AvgIpc) is 2.72. The van der Waals surface area contributed by atoms with Gasteiger partial charge in [0, 0.05) is 6.42 Å². The minimum Gasteiger partial charge on any atom is -0.481 e. The van der Waals surface area contributed by atoms with E-state index in [0.29, 0.717) is 6.42 Å². The summed E-state index contributed by atoms with van der Waals surface area (Å²) in [5.41, 5.74) is 5.11. The summed E-state index contributed by atoms with van der Waals surface area (Å²) in [7, 11) is 0. The van der Waals surface area contributed by atoms with Crippen LogP contribution in [0.5, 0.6) is 0 Å². The van der Waals surface area contributed by atoms with E-state index in [1.54, 1.807) is 0 Å². The zero-order valence-corrected chi connectivity index (χ0v) is 20.6. The van der Waals surface area contributed by atoms with Gasteiger partial charge in [0.1, 0.15) is 0 Å². The third kappa shape index (κ3) is 23.2. The molecule has 1 atom stereocenters. The van der Waals surface area contributed by atoms with E-state index in [9.17, 15) is 9.59 Å². The van der Waals surface area contributed by atoms with Crippen molar-refractivity contribution in [1.29, 1.82) is 0 Å². The van der Waals surface area contributed by atoms with E-state index in [4.69, 9.17) is 10.8 Å². The van der Waals surface area contributed by atoms with Gasteiger partial charge in [-0.3, -0.25) is 14.5 Å². The van der Waals surface area contributed by atoms with Gasteiger partial charge >= 0.3 is 5.97 Å². The summed E-state index contributed by atoms with van der Waals surface area (Å²) in [6, 6.07) is -0.130. The Morgan fingerprint density at radius 3 is 1.27 bits per heavy atom. The number of nitrogens with two attached hydrogens (primary N) is 1. The Kier molecular flexibility index (Phi) is 25.0. The number of unbranched alkanes of at least 4 members (excludes halogenated alkanes) is 14. The van der Waals surface area contributed by atoms with E-state index in [1.165, 1.54) is 83.5 Å². The van der Waals surface area contributed by atoms with Crippen LogP contribution in [0.4, 0.5) is 0 Å². The van der Waals surface area contributed by atoms with Crippen molar-refractivity contribution in [3.63, 3.8) is 0 Å². The zero-order valence-electron chi connectivity index (χ0n) is 20.6. The molecule has 0 bridgehead atoms. The van der Waals surface area contributed by atoms with Gasteiger partial charge in [0.15, 0.2) is 0 Å². The van der Waals surface area contributed by atoms with Crippen LogP contribution in [0.3, 0.4) is 0 Å². The van der Waals surface area contributed by atoms with Gasteiger partial charge in [-0.05, 0) is 26.4 Å². The first-order valence-corrected chi connectivity index (χ1v) is 12.7. The Morgan fingerprint density at radius 2 is 1.03 bits per heavy atom. The van der Waals surface area contributed by atoms with Gasteiger partial charge in [0.2, 0.25) is 5.91 Å². The SMILES string of the molecule is CCCCCCCCCCCCCCCCCC(=O)O.CCN(CC)C(C)C(N)=O. The maximum atomic E-state index is 10.6. The zero-order chi connectivity index (χ0) is 23.0. The van der Waals surface area contributed by atoms with E-state index >= 15 is 0 Å². The van der Waals surface area contributed by atoms with E-state index in [-0.39, 0.29) is 11.9 Å². The summed E-state index contributed by atoms with van der Waals surface area (Å²) < 4.78 is 0. The number of carbonyl (C=O) groups is 2. The minimum atomic E-state index is -0.653. The molecule has 0 saturated heterocycles. The van der Waals surface area contributed by atoms with Gasteiger partial charge in [-0.25, -0.2) is 0 Å². The number of nitrogens with zero attached hydrogens (tertiary/aromatic N) is 1. The lowest BCUT2D eigenvalue weighted by Gasteiger charge is -2.22. The van der Waals surface area contributed by atoms with Gasteiger partial charge in [-0.15, -0.1) is 0 Å². The summed E-state index contributed by atoms with van der Waals surface area (Å²) in [5.74, 6) is -0.900. The highest BCUT2D eigenvalue weighted by molar-refractivity contribution is 5.79. The summed E-state index contributed by atoms with van der Waals surface area (Å²) >= 11 is 0. The maximum absolute atomic E-state index is 10.6. The molecule has 180 valence electrons. The van der Waals surface area contributed by atoms with Crippen molar-refractivity contribution in [2.75, 3.05) is 13.1 Å². The second kappa shape index (κ2) is 24.2. The monoisotopic (exact) mass is 428 g/mol. The molecule has 0 aliphatic carbocycles. The lowest BCUT2D eigenvalue weighted by Crippen LogP contribution is -2.42. The van der Waals surface area contributed by atoms with Gasteiger partial charge in [0.25, 0.3) is 0 Å². The van der Waals surface area contributed by atoms with Crippen molar-refractivity contribution in [1.82, 2.24) is 4.90 Å². The summed E-state index contributed by atoms with van der Waals surface area (Å²) in [5, 5.41) is 8.52. The molecule has 0 radical (unpaired) electrons. The van der Waals surface area contributed by atoms with Gasteiger partial charge in [-0.2, -0.15) is 0 Å². The van der Waals surface area contributed by atoms with Crippen LogP contribution >= 0.6 is 0 Å². The number of primary amides is 1. The molecule has 5 nitrogen and oxygen atoms in total. The van der Waals surface area contributed by atoms with Crippen molar-refractivity contribution in [3.8, 4) is 0 Å². The number of hydrogen-bond donors (Lipinski definition) is 2. The molecule has 0 heterocycles. The molecule has 0 spiro atoms. The van der Waals surface area contributed by atoms with Crippen LogP contribution in [-0.4, -0.2) is 41.0 Å². The first kappa shape index (κ1) is 31.1. The van der Waals surface area contributed by atoms with Crippen LogP contribution in [0.25, 0.3) is 0 Å². The fourth-order valence-corrected chi connectivity index (χ4v) is 3.60. The average molecular weight is 429 g/mol. The van der Waals surface area contributed by atoms with Gasteiger partial charge in [0.05, 0.1) is 6.04 Å². The molecule has 0 rings (SSSR count). The quantitative estimate of drug-likeness (QED) is 0.216. The lowest BCUT2D eigenvalue weighted by atomic mass is 10.0. The number of hydrogen-bond acceptors (Lipinski definition) is 3. The van der Waals surface area contributed by atoms with Crippen LogP contribution < -0.4 is 5.73 Å². The Labute approximate surface area is 187 Å². The predicted molar refractivity (Wildman–Crippen MR) is 129 cm³/mol. The molecule has 0 aromatic rings. The number of aliphatic carboxylic acids is 1. The highest BCUT2D eigenvalue weighted by atomic mass is 16.4. The summed E-state index contributed by atoms with van der Waals surface area (Å²) in [6.45, 7) is 9.88. The fourth-order valence-electron chi connectivity index (χ4n) is 3.60.